The molecule has 29 heavy (non-hydrogen) atoms. The van der Waals surface area contributed by atoms with Gasteiger partial charge in [0.15, 0.2) is 5.75 Å². The van der Waals surface area contributed by atoms with Crippen LogP contribution in [0.2, 0.25) is 0 Å². The fraction of sp³-hybridized carbons (Fsp3) is 0.120. The number of benzene rings is 3. The lowest BCUT2D eigenvalue weighted by Crippen LogP contribution is -1.98. The van der Waals surface area contributed by atoms with Crippen molar-refractivity contribution < 1.29 is 9.13 Å². The summed E-state index contributed by atoms with van der Waals surface area (Å²) < 4.78 is 18.4. The lowest BCUT2D eigenvalue weighted by atomic mass is 10.1. The molecule has 4 aromatic rings. The summed E-state index contributed by atoms with van der Waals surface area (Å²) in [6.45, 7) is 0. The minimum absolute atomic E-state index is 0.227. The lowest BCUT2D eigenvalue weighted by Gasteiger charge is -2.03. The second-order valence-corrected chi connectivity index (χ2v) is 6.69. The molecule has 1 heterocycles. The molecular weight excluding hydrogens is 363 g/mol. The van der Waals surface area contributed by atoms with Crippen molar-refractivity contribution in [2.75, 3.05) is 7.11 Å². The molecule has 0 fully saturated rings. The van der Waals surface area contributed by atoms with Crippen molar-refractivity contribution in [3.8, 4) is 17.6 Å². The van der Waals surface area contributed by atoms with Crippen LogP contribution in [-0.2, 0) is 12.8 Å². The average Bonchev–Trinajstić information content (AvgIpc) is 2.77. The molecule has 0 saturated carbocycles. The second-order valence-electron chi connectivity index (χ2n) is 6.69. The van der Waals surface area contributed by atoms with Crippen molar-refractivity contribution in [2.45, 2.75) is 12.8 Å². The molecule has 4 rings (SSSR count). The summed E-state index contributed by atoms with van der Waals surface area (Å²) in [6.07, 6.45) is 5.00. The van der Waals surface area contributed by atoms with Gasteiger partial charge in [-0.3, -0.25) is 0 Å². The van der Waals surface area contributed by atoms with E-state index in [2.05, 4.69) is 33.9 Å². The number of aromatic nitrogens is 2. The van der Waals surface area contributed by atoms with Crippen LogP contribution in [-0.4, -0.2) is 17.1 Å². The van der Waals surface area contributed by atoms with E-state index >= 15 is 0 Å². The van der Waals surface area contributed by atoms with E-state index in [1.807, 2.05) is 30.3 Å². The molecule has 0 N–H and O–H groups in total. The molecule has 3 nitrogen and oxygen atoms in total. The molecule has 142 valence electrons. The third kappa shape index (κ3) is 4.77. The minimum Gasteiger partial charge on any atom is -0.494 e. The zero-order valence-electron chi connectivity index (χ0n) is 16.0. The minimum atomic E-state index is -0.227. The Morgan fingerprint density at radius 2 is 1.45 bits per heavy atom. The van der Waals surface area contributed by atoms with Gasteiger partial charge in [0.1, 0.15) is 11.6 Å². The number of methoxy groups -OCH3 is 1. The molecule has 0 aliphatic heterocycles. The molecule has 4 heteroatoms. The Morgan fingerprint density at radius 1 is 0.793 bits per heavy atom. The molecule has 0 aliphatic carbocycles. The molecule has 0 amide bonds. The van der Waals surface area contributed by atoms with Crippen molar-refractivity contribution in [3.63, 3.8) is 0 Å². The van der Waals surface area contributed by atoms with E-state index in [0.29, 0.717) is 5.75 Å². The number of hydrogen-bond acceptors (Lipinski definition) is 3. The van der Waals surface area contributed by atoms with Crippen molar-refractivity contribution in [1.29, 1.82) is 0 Å². The Bertz CT molecular complexity index is 1190. The summed E-state index contributed by atoms with van der Waals surface area (Å²) in [5.41, 5.74) is 3.07. The Balaban J connectivity index is 1.41. The van der Waals surface area contributed by atoms with Gasteiger partial charge in [-0.15, -0.1) is 0 Å². The van der Waals surface area contributed by atoms with Crippen LogP contribution in [0.5, 0.6) is 5.75 Å². The molecular formula is C25H19FN2O. The summed E-state index contributed by atoms with van der Waals surface area (Å²) in [7, 11) is 1.60. The highest BCUT2D eigenvalue weighted by Gasteiger charge is 2.00. The maximum absolute atomic E-state index is 13.3. The number of rotatable bonds is 4. The average molecular weight is 382 g/mol. The maximum Gasteiger partial charge on any atom is 0.155 e. The number of aryl methyl sites for hydroxylation is 2. The van der Waals surface area contributed by atoms with Gasteiger partial charge >= 0.3 is 0 Å². The Labute approximate surface area is 169 Å². The van der Waals surface area contributed by atoms with Crippen LogP contribution in [0.15, 0.2) is 73.1 Å². The van der Waals surface area contributed by atoms with Crippen molar-refractivity contribution in [2.24, 2.45) is 0 Å². The Hall–Kier alpha value is -3.71. The number of fused-ring (bicyclic) bond motifs is 1. The zero-order valence-corrected chi connectivity index (χ0v) is 16.0. The number of ether oxygens (including phenoxy) is 1. The van der Waals surface area contributed by atoms with Crippen molar-refractivity contribution >= 4 is 10.8 Å². The van der Waals surface area contributed by atoms with Crippen LogP contribution in [0.1, 0.15) is 22.5 Å². The van der Waals surface area contributed by atoms with Gasteiger partial charge in [-0.05, 0) is 59.2 Å². The maximum atomic E-state index is 13.3. The highest BCUT2D eigenvalue weighted by molar-refractivity contribution is 5.83. The van der Waals surface area contributed by atoms with Crippen LogP contribution in [0, 0.1) is 17.7 Å². The van der Waals surface area contributed by atoms with Gasteiger partial charge in [0, 0.05) is 17.5 Å². The summed E-state index contributed by atoms with van der Waals surface area (Å²) in [6, 6.07) is 18.8. The van der Waals surface area contributed by atoms with Gasteiger partial charge in [-0.1, -0.05) is 36.1 Å². The molecule has 0 unspecified atom stereocenters. The highest BCUT2D eigenvalue weighted by Crippen LogP contribution is 2.17. The van der Waals surface area contributed by atoms with E-state index in [9.17, 15) is 4.39 Å². The van der Waals surface area contributed by atoms with Crippen LogP contribution in [0.25, 0.3) is 10.8 Å². The smallest absolute Gasteiger partial charge is 0.155 e. The number of nitrogens with zero attached hydrogens (tertiary/aromatic N) is 2. The Morgan fingerprint density at radius 3 is 2.21 bits per heavy atom. The van der Waals surface area contributed by atoms with Crippen molar-refractivity contribution in [1.82, 2.24) is 9.97 Å². The van der Waals surface area contributed by atoms with Crippen LogP contribution in [0.3, 0.4) is 0 Å². The molecule has 0 radical (unpaired) electrons. The number of halogens is 1. The summed E-state index contributed by atoms with van der Waals surface area (Å²) in [5, 5.41) is 1.86. The molecule has 0 atom stereocenters. The first-order valence-corrected chi connectivity index (χ1v) is 9.35. The topological polar surface area (TPSA) is 35.0 Å². The third-order valence-electron chi connectivity index (χ3n) is 4.66. The predicted octanol–water partition coefficient (Wildman–Crippen LogP) is 4.96. The van der Waals surface area contributed by atoms with Crippen LogP contribution in [0.4, 0.5) is 4.39 Å². The van der Waals surface area contributed by atoms with E-state index in [0.717, 1.165) is 40.6 Å². The van der Waals surface area contributed by atoms with Gasteiger partial charge in [0.25, 0.3) is 0 Å². The second kappa shape index (κ2) is 8.53. The fourth-order valence-electron chi connectivity index (χ4n) is 3.03. The first kappa shape index (κ1) is 18.6. The van der Waals surface area contributed by atoms with E-state index in [-0.39, 0.29) is 5.82 Å². The molecule has 0 aliphatic rings. The standard InChI is InChI=1S/C25H19FN2O/c1-29-24-16-27-25(28-17-24)13-9-19-4-2-18(3-5-19)6-7-20-8-10-22-15-23(26)12-11-21(22)14-20/h2-5,8,10-12,14-17H,9,13H2,1H3. The van der Waals surface area contributed by atoms with Gasteiger partial charge < -0.3 is 4.74 Å². The third-order valence-corrected chi connectivity index (χ3v) is 4.66. The first-order chi connectivity index (χ1) is 14.2. The SMILES string of the molecule is COc1cnc(CCc2ccc(C#Cc3ccc4cc(F)ccc4c3)cc2)nc1. The van der Waals surface area contributed by atoms with E-state index in [1.54, 1.807) is 25.6 Å². The monoisotopic (exact) mass is 382 g/mol. The molecule has 0 spiro atoms. The highest BCUT2D eigenvalue weighted by atomic mass is 19.1. The largest absolute Gasteiger partial charge is 0.494 e. The molecule has 0 bridgehead atoms. The zero-order chi connectivity index (χ0) is 20.1. The summed E-state index contributed by atoms with van der Waals surface area (Å²) in [4.78, 5) is 8.58. The van der Waals surface area contributed by atoms with E-state index in [4.69, 9.17) is 4.74 Å². The predicted molar refractivity (Wildman–Crippen MR) is 112 cm³/mol. The van der Waals surface area contributed by atoms with Gasteiger partial charge in [0.05, 0.1) is 19.5 Å². The van der Waals surface area contributed by atoms with Gasteiger partial charge in [-0.25, -0.2) is 14.4 Å². The quantitative estimate of drug-likeness (QED) is 0.468. The van der Waals surface area contributed by atoms with Crippen LogP contribution < -0.4 is 4.74 Å². The van der Waals surface area contributed by atoms with Crippen LogP contribution >= 0.6 is 0 Å². The van der Waals surface area contributed by atoms with E-state index in [1.165, 1.54) is 17.7 Å². The molecule has 1 aromatic heterocycles. The number of hydrogen-bond donors (Lipinski definition) is 0. The van der Waals surface area contributed by atoms with Crippen molar-refractivity contribution in [3.05, 3.63) is 101 Å². The normalized spacial score (nSPS) is 10.4. The molecule has 3 aromatic carbocycles. The first-order valence-electron chi connectivity index (χ1n) is 9.35. The van der Waals surface area contributed by atoms with Gasteiger partial charge in [0.2, 0.25) is 0 Å². The lowest BCUT2D eigenvalue weighted by molar-refractivity contribution is 0.410. The van der Waals surface area contributed by atoms with Gasteiger partial charge in [-0.2, -0.15) is 0 Å². The van der Waals surface area contributed by atoms with E-state index < -0.39 is 0 Å². The summed E-state index contributed by atoms with van der Waals surface area (Å²) in [5.74, 6) is 7.60. The molecule has 0 saturated heterocycles. The summed E-state index contributed by atoms with van der Waals surface area (Å²) >= 11 is 0. The Kier molecular flexibility index (Phi) is 5.49. The fourth-order valence-corrected chi connectivity index (χ4v) is 3.03.